The molecule has 2 N–H and O–H groups in total. The Bertz CT molecular complexity index is 538. The first-order chi connectivity index (χ1) is 8.99. The minimum absolute atomic E-state index is 0.0324. The van der Waals surface area contributed by atoms with E-state index in [-0.39, 0.29) is 20.9 Å². The SMILES string of the molecule is O=C1NCCCC1Nc1cc(F)c(I)cc1[N+](=O)[O-]. The summed E-state index contributed by atoms with van der Waals surface area (Å²) in [7, 11) is 0. The van der Waals surface area contributed by atoms with E-state index in [2.05, 4.69) is 10.6 Å². The van der Waals surface area contributed by atoms with Crippen molar-refractivity contribution in [3.05, 3.63) is 31.6 Å². The first-order valence-electron chi connectivity index (χ1n) is 5.66. The molecule has 1 aliphatic rings. The molecule has 1 fully saturated rings. The predicted octanol–water partition coefficient (Wildman–Crippen LogP) is 2.03. The van der Waals surface area contributed by atoms with Crippen LogP contribution in [-0.2, 0) is 4.79 Å². The highest BCUT2D eigenvalue weighted by Crippen LogP contribution is 2.29. The van der Waals surface area contributed by atoms with Crippen molar-refractivity contribution in [2.75, 3.05) is 11.9 Å². The van der Waals surface area contributed by atoms with Gasteiger partial charge in [-0.1, -0.05) is 0 Å². The number of hydrogen-bond acceptors (Lipinski definition) is 4. The van der Waals surface area contributed by atoms with E-state index in [9.17, 15) is 19.3 Å². The van der Waals surface area contributed by atoms with Crippen LogP contribution in [0.2, 0.25) is 0 Å². The Kier molecular flexibility index (Phi) is 4.17. The molecule has 1 heterocycles. The van der Waals surface area contributed by atoms with Crippen molar-refractivity contribution in [2.24, 2.45) is 0 Å². The Hall–Kier alpha value is -1.45. The summed E-state index contributed by atoms with van der Waals surface area (Å²) in [5.41, 5.74) is -0.200. The zero-order valence-corrected chi connectivity index (χ0v) is 11.9. The second-order valence-electron chi connectivity index (χ2n) is 4.17. The van der Waals surface area contributed by atoms with Crippen LogP contribution in [0.5, 0.6) is 0 Å². The number of amides is 1. The van der Waals surface area contributed by atoms with Crippen molar-refractivity contribution in [3.8, 4) is 0 Å². The molecule has 2 rings (SSSR count). The Morgan fingerprint density at radius 2 is 2.26 bits per heavy atom. The Morgan fingerprint density at radius 1 is 1.53 bits per heavy atom. The fourth-order valence-corrected chi connectivity index (χ4v) is 2.35. The lowest BCUT2D eigenvalue weighted by Crippen LogP contribution is -2.44. The van der Waals surface area contributed by atoms with Gasteiger partial charge in [-0.3, -0.25) is 14.9 Å². The summed E-state index contributed by atoms with van der Waals surface area (Å²) < 4.78 is 13.7. The van der Waals surface area contributed by atoms with Gasteiger partial charge in [0.15, 0.2) is 0 Å². The summed E-state index contributed by atoms with van der Waals surface area (Å²) in [6.45, 7) is 0.597. The van der Waals surface area contributed by atoms with Crippen LogP contribution in [0.25, 0.3) is 0 Å². The van der Waals surface area contributed by atoms with Gasteiger partial charge in [0.2, 0.25) is 5.91 Å². The minimum atomic E-state index is -0.593. The Morgan fingerprint density at radius 3 is 2.89 bits per heavy atom. The number of nitrogens with one attached hydrogen (secondary N) is 2. The third-order valence-electron chi connectivity index (χ3n) is 2.85. The van der Waals surface area contributed by atoms with Crippen molar-refractivity contribution in [2.45, 2.75) is 18.9 Å². The molecular formula is C11H11FIN3O3. The van der Waals surface area contributed by atoms with Crippen molar-refractivity contribution in [1.29, 1.82) is 0 Å². The molecule has 1 amide bonds. The molecule has 0 aromatic heterocycles. The maximum Gasteiger partial charge on any atom is 0.293 e. The maximum atomic E-state index is 13.5. The van der Waals surface area contributed by atoms with Crippen molar-refractivity contribution in [1.82, 2.24) is 5.32 Å². The number of nitro benzene ring substituents is 1. The van der Waals surface area contributed by atoms with E-state index in [0.29, 0.717) is 13.0 Å². The highest BCUT2D eigenvalue weighted by atomic mass is 127. The quantitative estimate of drug-likeness (QED) is 0.478. The molecule has 0 radical (unpaired) electrons. The van der Waals surface area contributed by atoms with E-state index in [1.165, 1.54) is 0 Å². The normalized spacial score (nSPS) is 18.8. The Labute approximate surface area is 122 Å². The minimum Gasteiger partial charge on any atom is -0.368 e. The molecule has 1 aliphatic heterocycles. The molecule has 0 aliphatic carbocycles. The van der Waals surface area contributed by atoms with Gasteiger partial charge in [0.05, 0.1) is 8.49 Å². The number of nitro groups is 1. The van der Waals surface area contributed by atoms with Crippen molar-refractivity contribution < 1.29 is 14.1 Å². The lowest BCUT2D eigenvalue weighted by molar-refractivity contribution is -0.384. The Balaban J connectivity index is 2.30. The molecule has 1 unspecified atom stereocenters. The van der Waals surface area contributed by atoms with Crippen LogP contribution in [-0.4, -0.2) is 23.4 Å². The molecule has 1 atom stereocenters. The van der Waals surface area contributed by atoms with Crippen LogP contribution in [0.3, 0.4) is 0 Å². The number of halogens is 2. The second-order valence-corrected chi connectivity index (χ2v) is 5.33. The number of anilines is 1. The molecule has 1 aromatic carbocycles. The largest absolute Gasteiger partial charge is 0.368 e. The van der Waals surface area contributed by atoms with Gasteiger partial charge in [-0.05, 0) is 35.4 Å². The molecule has 1 aromatic rings. The summed E-state index contributed by atoms with van der Waals surface area (Å²) in [4.78, 5) is 21.9. The average Bonchev–Trinajstić information content (AvgIpc) is 2.36. The molecule has 0 spiro atoms. The monoisotopic (exact) mass is 379 g/mol. The van der Waals surface area contributed by atoms with Crippen molar-refractivity contribution >= 4 is 39.9 Å². The van der Waals surface area contributed by atoms with Gasteiger partial charge < -0.3 is 10.6 Å². The van der Waals surface area contributed by atoms with Crippen LogP contribution in [0.1, 0.15) is 12.8 Å². The smallest absolute Gasteiger partial charge is 0.293 e. The molecule has 1 saturated heterocycles. The molecule has 0 bridgehead atoms. The lowest BCUT2D eigenvalue weighted by atomic mass is 10.1. The van der Waals surface area contributed by atoms with E-state index in [1.807, 2.05) is 0 Å². The fourth-order valence-electron chi connectivity index (χ4n) is 1.90. The maximum absolute atomic E-state index is 13.5. The number of hydrogen-bond donors (Lipinski definition) is 2. The van der Waals surface area contributed by atoms with Crippen LogP contribution in [0.15, 0.2) is 12.1 Å². The number of piperidine rings is 1. The van der Waals surface area contributed by atoms with Crippen LogP contribution < -0.4 is 10.6 Å². The molecule has 6 nitrogen and oxygen atoms in total. The van der Waals surface area contributed by atoms with Crippen LogP contribution in [0.4, 0.5) is 15.8 Å². The van der Waals surface area contributed by atoms with Gasteiger partial charge in [-0.25, -0.2) is 4.39 Å². The molecule has 0 saturated carbocycles. The lowest BCUT2D eigenvalue weighted by Gasteiger charge is -2.23. The van der Waals surface area contributed by atoms with Gasteiger partial charge in [0.25, 0.3) is 5.69 Å². The van der Waals surface area contributed by atoms with Gasteiger partial charge in [0.1, 0.15) is 17.5 Å². The van der Waals surface area contributed by atoms with E-state index in [0.717, 1.165) is 18.6 Å². The number of rotatable bonds is 3. The third kappa shape index (κ3) is 3.11. The van der Waals surface area contributed by atoms with E-state index in [4.69, 9.17) is 0 Å². The first kappa shape index (κ1) is 14.0. The summed E-state index contributed by atoms with van der Waals surface area (Å²) in [5.74, 6) is -0.774. The highest BCUT2D eigenvalue weighted by Gasteiger charge is 2.25. The second kappa shape index (κ2) is 5.68. The van der Waals surface area contributed by atoms with E-state index < -0.39 is 16.8 Å². The zero-order chi connectivity index (χ0) is 14.0. The average molecular weight is 379 g/mol. The topological polar surface area (TPSA) is 84.3 Å². The highest BCUT2D eigenvalue weighted by molar-refractivity contribution is 14.1. The van der Waals surface area contributed by atoms with E-state index in [1.54, 1.807) is 22.6 Å². The standard InChI is InChI=1S/C11H11FIN3O3/c12-6-4-9(10(16(18)19)5-7(6)13)15-8-2-1-3-14-11(8)17/h4-5,8,15H,1-3H2,(H,14,17). The number of carbonyl (C=O) groups excluding carboxylic acids is 1. The summed E-state index contributed by atoms with van der Waals surface area (Å²) in [6.07, 6.45) is 1.35. The summed E-state index contributed by atoms with van der Waals surface area (Å²) in [6, 6.07) is 1.65. The number of nitrogens with zero attached hydrogens (tertiary/aromatic N) is 1. The van der Waals surface area contributed by atoms with Gasteiger partial charge in [0, 0.05) is 18.7 Å². The van der Waals surface area contributed by atoms with E-state index >= 15 is 0 Å². The number of carbonyl (C=O) groups is 1. The van der Waals surface area contributed by atoms with Crippen LogP contribution in [0, 0.1) is 19.5 Å². The molecule has 102 valence electrons. The molecule has 19 heavy (non-hydrogen) atoms. The van der Waals surface area contributed by atoms with Crippen molar-refractivity contribution in [3.63, 3.8) is 0 Å². The third-order valence-corrected chi connectivity index (χ3v) is 3.68. The first-order valence-corrected chi connectivity index (χ1v) is 6.74. The summed E-state index contributed by atoms with van der Waals surface area (Å²) >= 11 is 1.69. The molecular weight excluding hydrogens is 368 g/mol. The fraction of sp³-hybridized carbons (Fsp3) is 0.364. The predicted molar refractivity (Wildman–Crippen MR) is 75.4 cm³/mol. The van der Waals surface area contributed by atoms with Gasteiger partial charge in [-0.2, -0.15) is 0 Å². The molecule has 8 heteroatoms. The number of benzene rings is 1. The summed E-state index contributed by atoms with van der Waals surface area (Å²) in [5, 5.41) is 16.4. The van der Waals surface area contributed by atoms with Gasteiger partial charge >= 0.3 is 0 Å². The van der Waals surface area contributed by atoms with Crippen LogP contribution >= 0.6 is 22.6 Å². The zero-order valence-electron chi connectivity index (χ0n) is 9.78. The van der Waals surface area contributed by atoms with Gasteiger partial charge in [-0.15, -0.1) is 0 Å².